The Labute approximate surface area is 115 Å². The van der Waals surface area contributed by atoms with E-state index in [1.165, 1.54) is 42.6 Å². The van der Waals surface area contributed by atoms with Crippen molar-refractivity contribution in [2.24, 2.45) is 5.14 Å². The minimum atomic E-state index is -3.79. The predicted molar refractivity (Wildman–Crippen MR) is 70.2 cm³/mol. The van der Waals surface area contributed by atoms with Crippen LogP contribution < -0.4 is 5.14 Å². The first-order valence-corrected chi connectivity index (χ1v) is 7.00. The van der Waals surface area contributed by atoms with Crippen molar-refractivity contribution in [1.82, 2.24) is 4.98 Å². The van der Waals surface area contributed by atoms with Gasteiger partial charge in [0.2, 0.25) is 15.8 Å². The average Bonchev–Trinajstić information content (AvgIpc) is 2.46. The van der Waals surface area contributed by atoms with E-state index < -0.39 is 15.8 Å². The number of nitrogens with two attached hydrogens (primary N) is 1. The molecule has 0 fully saturated rings. The van der Waals surface area contributed by atoms with Crippen molar-refractivity contribution < 1.29 is 13.2 Å². The summed E-state index contributed by atoms with van der Waals surface area (Å²) in [5.41, 5.74) is 0.705. The third kappa shape index (κ3) is 2.88. The fourth-order valence-corrected chi connectivity index (χ4v) is 2.08. The molecule has 0 aliphatic rings. The van der Waals surface area contributed by atoms with E-state index in [1.54, 1.807) is 0 Å². The van der Waals surface area contributed by atoms with E-state index in [4.69, 9.17) is 10.4 Å². The van der Waals surface area contributed by atoms with Crippen LogP contribution in [0.4, 0.5) is 0 Å². The molecule has 0 unspecified atom stereocenters. The van der Waals surface area contributed by atoms with Gasteiger partial charge in [-0.05, 0) is 36.4 Å². The number of pyridine rings is 1. The van der Waals surface area contributed by atoms with E-state index in [-0.39, 0.29) is 16.2 Å². The Morgan fingerprint density at radius 1 is 1.20 bits per heavy atom. The van der Waals surface area contributed by atoms with Crippen molar-refractivity contribution in [2.75, 3.05) is 0 Å². The van der Waals surface area contributed by atoms with Crippen LogP contribution in [0.1, 0.15) is 21.6 Å². The predicted octanol–water partition coefficient (Wildman–Crippen LogP) is 0.832. The van der Waals surface area contributed by atoms with Crippen LogP contribution in [0, 0.1) is 11.3 Å². The second-order valence-electron chi connectivity index (χ2n) is 3.94. The zero-order valence-electron chi connectivity index (χ0n) is 10.1. The molecule has 0 radical (unpaired) electrons. The molecule has 0 spiro atoms. The van der Waals surface area contributed by atoms with Crippen molar-refractivity contribution >= 4 is 15.8 Å². The van der Waals surface area contributed by atoms with Gasteiger partial charge in [-0.25, -0.2) is 13.6 Å². The number of nitrogens with zero attached hydrogens (tertiary/aromatic N) is 2. The van der Waals surface area contributed by atoms with Crippen LogP contribution in [0.15, 0.2) is 47.5 Å². The summed E-state index contributed by atoms with van der Waals surface area (Å²) in [6.45, 7) is 0. The SMILES string of the molecule is N#Cc1ccnc(C(=O)c2ccc(S(N)(=O)=O)cc2)c1. The molecule has 6 nitrogen and oxygen atoms in total. The molecule has 0 amide bonds. The molecular weight excluding hydrogens is 278 g/mol. The molecule has 1 heterocycles. The van der Waals surface area contributed by atoms with Gasteiger partial charge in [0.25, 0.3) is 0 Å². The first-order chi connectivity index (χ1) is 9.41. The minimum Gasteiger partial charge on any atom is -0.287 e. The number of hydrogen-bond acceptors (Lipinski definition) is 5. The maximum absolute atomic E-state index is 12.1. The van der Waals surface area contributed by atoms with Crippen LogP contribution in [0.25, 0.3) is 0 Å². The normalized spacial score (nSPS) is 10.8. The molecule has 0 saturated carbocycles. The van der Waals surface area contributed by atoms with Gasteiger partial charge in [0.05, 0.1) is 16.5 Å². The van der Waals surface area contributed by atoms with Crippen molar-refractivity contribution in [2.45, 2.75) is 4.90 Å². The Morgan fingerprint density at radius 2 is 1.85 bits per heavy atom. The van der Waals surface area contributed by atoms with E-state index >= 15 is 0 Å². The molecule has 100 valence electrons. The molecule has 0 aliphatic carbocycles. The van der Waals surface area contributed by atoms with E-state index in [2.05, 4.69) is 4.98 Å². The molecule has 0 saturated heterocycles. The number of hydrogen-bond donors (Lipinski definition) is 1. The fourth-order valence-electron chi connectivity index (χ4n) is 1.57. The van der Waals surface area contributed by atoms with Gasteiger partial charge in [-0.2, -0.15) is 5.26 Å². The standard InChI is InChI=1S/C13H9N3O3S/c14-8-9-5-6-16-12(7-9)13(17)10-1-3-11(4-2-10)20(15,18)19/h1-7H,(H2,15,18,19). The number of carbonyl (C=O) groups excluding carboxylic acids is 1. The average molecular weight is 287 g/mol. The smallest absolute Gasteiger partial charge is 0.238 e. The van der Waals surface area contributed by atoms with Crippen LogP contribution in [0.2, 0.25) is 0 Å². The number of carbonyl (C=O) groups is 1. The van der Waals surface area contributed by atoms with Crippen LogP contribution in [-0.4, -0.2) is 19.2 Å². The van der Waals surface area contributed by atoms with Crippen molar-refractivity contribution in [3.05, 3.63) is 59.4 Å². The first kappa shape index (κ1) is 13.9. The summed E-state index contributed by atoms with van der Waals surface area (Å²) in [6.07, 6.45) is 1.37. The topological polar surface area (TPSA) is 114 Å². The lowest BCUT2D eigenvalue weighted by Crippen LogP contribution is -2.12. The Kier molecular flexibility index (Phi) is 3.61. The maximum atomic E-state index is 12.1. The lowest BCUT2D eigenvalue weighted by Gasteiger charge is -2.02. The second kappa shape index (κ2) is 5.21. The monoisotopic (exact) mass is 287 g/mol. The molecular formula is C13H9N3O3S. The summed E-state index contributed by atoms with van der Waals surface area (Å²) in [7, 11) is -3.79. The van der Waals surface area contributed by atoms with Crippen molar-refractivity contribution in [1.29, 1.82) is 5.26 Å². The zero-order chi connectivity index (χ0) is 14.8. The fraction of sp³-hybridized carbons (Fsp3) is 0. The van der Waals surface area contributed by atoms with Gasteiger partial charge in [0, 0.05) is 11.8 Å². The number of primary sulfonamides is 1. The van der Waals surface area contributed by atoms with E-state index in [0.29, 0.717) is 5.56 Å². The Balaban J connectivity index is 2.37. The highest BCUT2D eigenvalue weighted by Gasteiger charge is 2.13. The summed E-state index contributed by atoms with van der Waals surface area (Å²) in [6, 6.07) is 9.97. The lowest BCUT2D eigenvalue weighted by molar-refractivity contribution is 0.103. The van der Waals surface area contributed by atoms with Gasteiger partial charge < -0.3 is 0 Å². The van der Waals surface area contributed by atoms with Gasteiger partial charge in [0.1, 0.15) is 5.69 Å². The summed E-state index contributed by atoms with van der Waals surface area (Å²) >= 11 is 0. The number of benzene rings is 1. The van der Waals surface area contributed by atoms with Gasteiger partial charge >= 0.3 is 0 Å². The number of rotatable bonds is 3. The third-order valence-corrected chi connectivity index (χ3v) is 3.50. The maximum Gasteiger partial charge on any atom is 0.238 e. The Hall–Kier alpha value is -2.56. The van der Waals surface area contributed by atoms with Gasteiger partial charge in [-0.15, -0.1) is 0 Å². The van der Waals surface area contributed by atoms with Crippen molar-refractivity contribution in [3.63, 3.8) is 0 Å². The second-order valence-corrected chi connectivity index (χ2v) is 5.50. The molecule has 1 aromatic carbocycles. The molecule has 20 heavy (non-hydrogen) atoms. The van der Waals surface area contributed by atoms with Gasteiger partial charge in [-0.3, -0.25) is 9.78 Å². The zero-order valence-corrected chi connectivity index (χ0v) is 11.0. The summed E-state index contributed by atoms with van der Waals surface area (Å²) in [5, 5.41) is 13.7. The molecule has 2 rings (SSSR count). The molecule has 0 atom stereocenters. The Bertz CT molecular complexity index is 806. The number of sulfonamides is 1. The largest absolute Gasteiger partial charge is 0.287 e. The number of nitriles is 1. The summed E-state index contributed by atoms with van der Waals surface area (Å²) < 4.78 is 22.2. The van der Waals surface area contributed by atoms with Crippen LogP contribution in [0.5, 0.6) is 0 Å². The summed E-state index contributed by atoms with van der Waals surface area (Å²) in [5.74, 6) is -0.400. The van der Waals surface area contributed by atoms with Crippen LogP contribution >= 0.6 is 0 Å². The molecule has 2 aromatic rings. The van der Waals surface area contributed by atoms with Gasteiger partial charge in [0.15, 0.2) is 0 Å². The van der Waals surface area contributed by atoms with E-state index in [0.717, 1.165) is 0 Å². The number of ketones is 1. The third-order valence-electron chi connectivity index (χ3n) is 2.57. The van der Waals surface area contributed by atoms with Gasteiger partial charge in [-0.1, -0.05) is 0 Å². The van der Waals surface area contributed by atoms with Crippen LogP contribution in [-0.2, 0) is 10.0 Å². The van der Waals surface area contributed by atoms with E-state index in [9.17, 15) is 13.2 Å². The highest BCUT2D eigenvalue weighted by Crippen LogP contribution is 2.12. The van der Waals surface area contributed by atoms with Crippen molar-refractivity contribution in [3.8, 4) is 6.07 Å². The molecule has 2 N–H and O–H groups in total. The lowest BCUT2D eigenvalue weighted by atomic mass is 10.1. The quantitative estimate of drug-likeness (QED) is 0.840. The molecule has 7 heteroatoms. The number of aromatic nitrogens is 1. The molecule has 1 aromatic heterocycles. The highest BCUT2D eigenvalue weighted by atomic mass is 32.2. The summed E-state index contributed by atoms with van der Waals surface area (Å²) in [4.78, 5) is 15.9. The molecule has 0 bridgehead atoms. The first-order valence-electron chi connectivity index (χ1n) is 5.45. The highest BCUT2D eigenvalue weighted by molar-refractivity contribution is 7.89. The molecule has 0 aliphatic heterocycles. The van der Waals surface area contributed by atoms with E-state index in [1.807, 2.05) is 6.07 Å². The van der Waals surface area contributed by atoms with Crippen LogP contribution in [0.3, 0.4) is 0 Å². The minimum absolute atomic E-state index is 0.0761. The Morgan fingerprint density at radius 3 is 2.40 bits per heavy atom.